The second-order valence-corrected chi connectivity index (χ2v) is 5.37. The summed E-state index contributed by atoms with van der Waals surface area (Å²) >= 11 is 5.30. The minimum Gasteiger partial charge on any atom is -0.467 e. The van der Waals surface area contributed by atoms with E-state index in [2.05, 4.69) is 10.6 Å². The molecule has 108 valence electrons. The van der Waals surface area contributed by atoms with Crippen LogP contribution in [0.2, 0.25) is 0 Å². The van der Waals surface area contributed by atoms with Crippen molar-refractivity contribution >= 4 is 23.3 Å². The van der Waals surface area contributed by atoms with Crippen molar-refractivity contribution in [2.45, 2.75) is 37.8 Å². The molecule has 0 spiro atoms. The maximum absolute atomic E-state index is 11.9. The summed E-state index contributed by atoms with van der Waals surface area (Å²) in [6.45, 7) is 0. The van der Waals surface area contributed by atoms with Gasteiger partial charge in [-0.15, -0.1) is 0 Å². The highest BCUT2D eigenvalue weighted by atomic mass is 32.1. The normalized spacial score (nSPS) is 16.4. The van der Waals surface area contributed by atoms with Crippen molar-refractivity contribution in [1.82, 2.24) is 10.6 Å². The maximum atomic E-state index is 11.9. The van der Waals surface area contributed by atoms with E-state index in [1.807, 2.05) is 30.3 Å². The number of benzene rings is 1. The minimum absolute atomic E-state index is 0.341. The first-order valence-electron chi connectivity index (χ1n) is 6.90. The molecule has 1 aliphatic carbocycles. The minimum atomic E-state index is -0.567. The summed E-state index contributed by atoms with van der Waals surface area (Å²) in [5.74, 6) is -0.341. The number of rotatable bonds is 4. The lowest BCUT2D eigenvalue weighted by molar-refractivity contribution is -0.142. The fourth-order valence-corrected chi connectivity index (χ4v) is 2.75. The number of methoxy groups -OCH3 is 1. The Balaban J connectivity index is 2.00. The number of carbonyl (C=O) groups excluding carboxylic acids is 1. The highest BCUT2D eigenvalue weighted by Gasteiger charge is 2.23. The van der Waals surface area contributed by atoms with Crippen LogP contribution in [0.5, 0.6) is 0 Å². The van der Waals surface area contributed by atoms with Crippen molar-refractivity contribution in [2.75, 3.05) is 7.11 Å². The standard InChI is InChI=1S/C15H20N2O2S/c1-19-14(18)13(11-7-3-2-4-8-11)17-15(20)16-12-9-5-6-10-12/h2-4,7-8,12-13H,5-6,9-10H2,1H3,(H2,16,17,20). The molecular weight excluding hydrogens is 272 g/mol. The third-order valence-electron chi connectivity index (χ3n) is 3.54. The second kappa shape index (κ2) is 7.24. The van der Waals surface area contributed by atoms with Crippen LogP contribution in [0, 0.1) is 0 Å². The van der Waals surface area contributed by atoms with Crippen LogP contribution in [0.4, 0.5) is 0 Å². The van der Waals surface area contributed by atoms with Crippen LogP contribution >= 0.6 is 12.2 Å². The Hall–Kier alpha value is -1.62. The zero-order chi connectivity index (χ0) is 14.4. The van der Waals surface area contributed by atoms with E-state index >= 15 is 0 Å². The van der Waals surface area contributed by atoms with E-state index in [4.69, 9.17) is 17.0 Å². The summed E-state index contributed by atoms with van der Waals surface area (Å²) in [5.41, 5.74) is 0.843. The molecule has 0 saturated heterocycles. The summed E-state index contributed by atoms with van der Waals surface area (Å²) in [5, 5.41) is 6.84. The van der Waals surface area contributed by atoms with Gasteiger partial charge >= 0.3 is 5.97 Å². The lowest BCUT2D eigenvalue weighted by atomic mass is 10.1. The fourth-order valence-electron chi connectivity index (χ4n) is 2.47. The number of ether oxygens (including phenoxy) is 1. The average molecular weight is 292 g/mol. The molecule has 1 aromatic rings. The third kappa shape index (κ3) is 3.93. The molecule has 2 N–H and O–H groups in total. The number of nitrogens with one attached hydrogen (secondary N) is 2. The fraction of sp³-hybridized carbons (Fsp3) is 0.467. The van der Waals surface area contributed by atoms with Gasteiger partial charge in [-0.05, 0) is 30.6 Å². The molecule has 1 saturated carbocycles. The van der Waals surface area contributed by atoms with E-state index < -0.39 is 6.04 Å². The highest BCUT2D eigenvalue weighted by Crippen LogP contribution is 2.18. The molecule has 1 aromatic carbocycles. The lowest BCUT2D eigenvalue weighted by Crippen LogP contribution is -2.44. The lowest BCUT2D eigenvalue weighted by Gasteiger charge is -2.21. The first-order chi connectivity index (χ1) is 9.70. The van der Waals surface area contributed by atoms with Crippen LogP contribution in [-0.2, 0) is 9.53 Å². The van der Waals surface area contributed by atoms with Gasteiger partial charge in [-0.2, -0.15) is 0 Å². The zero-order valence-corrected chi connectivity index (χ0v) is 12.4. The Labute approximate surface area is 124 Å². The van der Waals surface area contributed by atoms with Crippen LogP contribution in [0.1, 0.15) is 37.3 Å². The number of thiocarbonyl (C=S) groups is 1. The average Bonchev–Trinajstić information content (AvgIpc) is 2.97. The number of carbonyl (C=O) groups is 1. The van der Waals surface area contributed by atoms with Crippen LogP contribution in [-0.4, -0.2) is 24.2 Å². The summed E-state index contributed by atoms with van der Waals surface area (Å²) in [4.78, 5) is 11.9. The monoisotopic (exact) mass is 292 g/mol. The molecule has 0 radical (unpaired) electrons. The van der Waals surface area contributed by atoms with E-state index in [0.29, 0.717) is 11.2 Å². The van der Waals surface area contributed by atoms with Gasteiger partial charge in [0.05, 0.1) is 7.11 Å². The van der Waals surface area contributed by atoms with Crippen LogP contribution < -0.4 is 10.6 Å². The molecule has 5 heteroatoms. The Morgan fingerprint density at radius 3 is 2.55 bits per heavy atom. The van der Waals surface area contributed by atoms with Gasteiger partial charge in [-0.25, -0.2) is 4.79 Å². The van der Waals surface area contributed by atoms with Gasteiger partial charge in [0.2, 0.25) is 0 Å². The van der Waals surface area contributed by atoms with Crippen molar-refractivity contribution < 1.29 is 9.53 Å². The first-order valence-corrected chi connectivity index (χ1v) is 7.31. The summed E-state index contributed by atoms with van der Waals surface area (Å²) in [6, 6.07) is 9.31. The van der Waals surface area contributed by atoms with Crippen LogP contribution in [0.25, 0.3) is 0 Å². The van der Waals surface area contributed by atoms with E-state index in [1.165, 1.54) is 20.0 Å². The Morgan fingerprint density at radius 2 is 1.95 bits per heavy atom. The number of hydrogen-bond donors (Lipinski definition) is 2. The molecule has 1 unspecified atom stereocenters. The Kier molecular flexibility index (Phi) is 5.35. The van der Waals surface area contributed by atoms with Gasteiger partial charge in [-0.3, -0.25) is 0 Å². The van der Waals surface area contributed by atoms with Gasteiger partial charge in [0.25, 0.3) is 0 Å². The van der Waals surface area contributed by atoms with Crippen molar-refractivity contribution in [3.8, 4) is 0 Å². The van der Waals surface area contributed by atoms with Gasteiger partial charge < -0.3 is 15.4 Å². The number of esters is 1. The molecule has 1 aliphatic rings. The van der Waals surface area contributed by atoms with Gasteiger partial charge in [0.1, 0.15) is 0 Å². The maximum Gasteiger partial charge on any atom is 0.333 e. The van der Waals surface area contributed by atoms with E-state index in [-0.39, 0.29) is 5.97 Å². The smallest absolute Gasteiger partial charge is 0.333 e. The molecule has 1 atom stereocenters. The summed E-state index contributed by atoms with van der Waals surface area (Å²) in [7, 11) is 1.38. The molecule has 0 aliphatic heterocycles. The van der Waals surface area contributed by atoms with Crippen molar-refractivity contribution in [3.05, 3.63) is 35.9 Å². The molecular formula is C15H20N2O2S. The van der Waals surface area contributed by atoms with E-state index in [0.717, 1.165) is 18.4 Å². The number of hydrogen-bond acceptors (Lipinski definition) is 3. The highest BCUT2D eigenvalue weighted by molar-refractivity contribution is 7.80. The molecule has 20 heavy (non-hydrogen) atoms. The van der Waals surface area contributed by atoms with Crippen LogP contribution in [0.15, 0.2) is 30.3 Å². The summed E-state index contributed by atoms with van der Waals surface area (Å²) < 4.78 is 4.85. The topological polar surface area (TPSA) is 50.4 Å². The quantitative estimate of drug-likeness (QED) is 0.659. The molecule has 0 aromatic heterocycles. The third-order valence-corrected chi connectivity index (χ3v) is 3.77. The SMILES string of the molecule is COC(=O)C(NC(=S)NC1CCCC1)c1ccccc1. The van der Waals surface area contributed by atoms with E-state index in [1.54, 1.807) is 0 Å². The zero-order valence-electron chi connectivity index (χ0n) is 11.6. The van der Waals surface area contributed by atoms with Crippen molar-refractivity contribution in [1.29, 1.82) is 0 Å². The molecule has 1 fully saturated rings. The van der Waals surface area contributed by atoms with Gasteiger partial charge in [0.15, 0.2) is 11.2 Å². The predicted octanol–water partition coefficient (Wildman–Crippen LogP) is 2.31. The molecule has 0 amide bonds. The second-order valence-electron chi connectivity index (χ2n) is 4.97. The van der Waals surface area contributed by atoms with Gasteiger partial charge in [-0.1, -0.05) is 43.2 Å². The Morgan fingerprint density at radius 1 is 1.30 bits per heavy atom. The largest absolute Gasteiger partial charge is 0.467 e. The van der Waals surface area contributed by atoms with Crippen molar-refractivity contribution in [3.63, 3.8) is 0 Å². The first kappa shape index (κ1) is 14.8. The van der Waals surface area contributed by atoms with E-state index in [9.17, 15) is 4.79 Å². The van der Waals surface area contributed by atoms with Gasteiger partial charge in [0, 0.05) is 6.04 Å². The van der Waals surface area contributed by atoms with Crippen molar-refractivity contribution in [2.24, 2.45) is 0 Å². The Bertz CT molecular complexity index is 458. The predicted molar refractivity (Wildman–Crippen MR) is 82.3 cm³/mol. The molecule has 2 rings (SSSR count). The molecule has 0 bridgehead atoms. The molecule has 4 nitrogen and oxygen atoms in total. The molecule has 0 heterocycles. The van der Waals surface area contributed by atoms with Crippen LogP contribution in [0.3, 0.4) is 0 Å². The summed E-state index contributed by atoms with van der Waals surface area (Å²) in [6.07, 6.45) is 4.74.